The fraction of sp³-hybridized carbons (Fsp3) is 0.353. The van der Waals surface area contributed by atoms with Gasteiger partial charge in [-0.2, -0.15) is 0 Å². The van der Waals surface area contributed by atoms with E-state index in [0.717, 1.165) is 31.5 Å². The molecule has 1 aromatic rings. The second-order valence-corrected chi connectivity index (χ2v) is 5.70. The van der Waals surface area contributed by atoms with Crippen molar-refractivity contribution in [2.45, 2.75) is 25.0 Å². The van der Waals surface area contributed by atoms with Gasteiger partial charge in [0.05, 0.1) is 0 Å². The van der Waals surface area contributed by atoms with Gasteiger partial charge < -0.3 is 0 Å². The van der Waals surface area contributed by atoms with Crippen molar-refractivity contribution >= 4 is 4.40 Å². The first-order valence-corrected chi connectivity index (χ1v) is 8.66. The van der Waals surface area contributed by atoms with Crippen molar-refractivity contribution in [3.05, 3.63) is 60.2 Å². The van der Waals surface area contributed by atoms with Crippen molar-refractivity contribution < 1.29 is 24.1 Å². The number of allylic oxidation sites excluding steroid dienone is 2. The van der Waals surface area contributed by atoms with E-state index in [1.165, 1.54) is 24.9 Å². The number of hydrogen-bond donors (Lipinski definition) is 1. The molecule has 1 aromatic carbocycles. The van der Waals surface area contributed by atoms with Crippen molar-refractivity contribution in [3.8, 4) is 0 Å². The van der Waals surface area contributed by atoms with E-state index in [1.807, 2.05) is 12.1 Å². The normalized spacial score (nSPS) is 18.5. The van der Waals surface area contributed by atoms with Crippen LogP contribution in [-0.4, -0.2) is 23.6 Å². The molecule has 1 atom stereocenters. The van der Waals surface area contributed by atoms with Crippen molar-refractivity contribution in [3.63, 3.8) is 0 Å². The summed E-state index contributed by atoms with van der Waals surface area (Å²) in [5.74, 6) is 0. The molecule has 1 heterocycles. The quantitative estimate of drug-likeness (QED) is 0.545. The van der Waals surface area contributed by atoms with Crippen LogP contribution in [0.5, 0.6) is 0 Å². The fourth-order valence-corrected chi connectivity index (χ4v) is 3.13. The third-order valence-electron chi connectivity index (χ3n) is 3.44. The van der Waals surface area contributed by atoms with Gasteiger partial charge in [0.15, 0.2) is 0 Å². The molecule has 1 N–H and O–H groups in total. The molecule has 0 spiro atoms. The standard InChI is InChI=1S/C17H20NO.W/c1-3-7-14(2)17(15-8-5-4-6-9-15)19-16-10-12-18-13-11-16;/h1-9,16-18H,10-13H2;/q-1;/b14-7+;. The maximum absolute atomic E-state index is 6.38. The zero-order valence-electron chi connectivity index (χ0n) is 11.5. The van der Waals surface area contributed by atoms with Crippen LogP contribution >= 0.6 is 0 Å². The summed E-state index contributed by atoms with van der Waals surface area (Å²) >= 11 is 1.41. The Labute approximate surface area is 132 Å². The van der Waals surface area contributed by atoms with Crippen molar-refractivity contribution in [2.75, 3.05) is 13.1 Å². The minimum atomic E-state index is -0.0170. The summed E-state index contributed by atoms with van der Waals surface area (Å²) in [5, 5.41) is 3.37. The predicted octanol–water partition coefficient (Wildman–Crippen LogP) is 2.76. The van der Waals surface area contributed by atoms with Crippen LogP contribution in [0.25, 0.3) is 0 Å². The molecule has 20 heavy (non-hydrogen) atoms. The summed E-state index contributed by atoms with van der Waals surface area (Å²) < 4.78 is 8.54. The third kappa shape index (κ3) is 4.34. The van der Waals surface area contributed by atoms with Gasteiger partial charge in [0, 0.05) is 0 Å². The Morgan fingerprint density at radius 2 is 2.00 bits per heavy atom. The van der Waals surface area contributed by atoms with Crippen LogP contribution < -0.4 is 5.32 Å². The molecule has 2 nitrogen and oxygen atoms in total. The van der Waals surface area contributed by atoms with E-state index in [0.29, 0.717) is 6.10 Å². The van der Waals surface area contributed by atoms with Gasteiger partial charge in [-0.15, -0.1) is 0 Å². The predicted molar refractivity (Wildman–Crippen MR) is 79.2 cm³/mol. The molecule has 106 valence electrons. The summed E-state index contributed by atoms with van der Waals surface area (Å²) in [6.07, 6.45) is 5.98. The van der Waals surface area contributed by atoms with E-state index in [4.69, 9.17) is 11.3 Å². The maximum atomic E-state index is 6.38. The van der Waals surface area contributed by atoms with Crippen LogP contribution in [0.15, 0.2) is 48.1 Å². The molecule has 1 unspecified atom stereocenters. The average molecular weight is 438 g/mol. The Morgan fingerprint density at radius 3 is 2.60 bits per heavy atom. The van der Waals surface area contributed by atoms with Gasteiger partial charge in [0.2, 0.25) is 0 Å². The molecule has 0 bridgehead atoms. The number of ether oxygens (including phenoxy) is 1. The molecule has 0 amide bonds. The van der Waals surface area contributed by atoms with Crippen molar-refractivity contribution in [1.29, 1.82) is 0 Å². The number of nitrogens with one attached hydrogen (secondary N) is 1. The zero-order chi connectivity index (χ0) is 14.2. The van der Waals surface area contributed by atoms with Crippen LogP contribution in [0.2, 0.25) is 0 Å². The van der Waals surface area contributed by atoms with Crippen LogP contribution in [0.4, 0.5) is 0 Å². The Kier molecular flexibility index (Phi) is 6.59. The third-order valence-corrected chi connectivity index (χ3v) is 4.42. The van der Waals surface area contributed by atoms with Gasteiger partial charge >= 0.3 is 132 Å². The monoisotopic (exact) mass is 438 g/mol. The summed E-state index contributed by atoms with van der Waals surface area (Å²) in [7, 11) is 0. The molecule has 0 saturated carbocycles. The number of benzene rings is 1. The van der Waals surface area contributed by atoms with E-state index in [-0.39, 0.29) is 6.10 Å². The number of piperidine rings is 1. The molecule has 1 fully saturated rings. The molecular weight excluding hydrogens is 418 g/mol. The van der Waals surface area contributed by atoms with Gasteiger partial charge in [-0.1, -0.05) is 0 Å². The second kappa shape index (κ2) is 8.46. The summed E-state index contributed by atoms with van der Waals surface area (Å²) in [6.45, 7) is 7.65. The summed E-state index contributed by atoms with van der Waals surface area (Å²) in [6, 6.07) is 10.4. The van der Waals surface area contributed by atoms with Gasteiger partial charge in [-0.25, -0.2) is 0 Å². The minimum absolute atomic E-state index is 0.0170. The van der Waals surface area contributed by atoms with E-state index in [9.17, 15) is 0 Å². The summed E-state index contributed by atoms with van der Waals surface area (Å²) in [5.41, 5.74) is 2.34. The average Bonchev–Trinajstić information content (AvgIpc) is 2.52. The topological polar surface area (TPSA) is 21.3 Å². The Balaban J connectivity index is 2.21. The first-order chi connectivity index (χ1) is 9.85. The van der Waals surface area contributed by atoms with Crippen LogP contribution in [0, 0.1) is 6.58 Å². The Hall–Kier alpha value is -0.822. The molecule has 0 radical (unpaired) electrons. The molecule has 1 aliphatic heterocycles. The molecule has 3 heteroatoms. The van der Waals surface area contributed by atoms with Crippen LogP contribution in [-0.2, 0) is 24.1 Å². The molecule has 1 saturated heterocycles. The van der Waals surface area contributed by atoms with E-state index in [2.05, 4.69) is 34.0 Å². The second-order valence-electron chi connectivity index (χ2n) is 4.85. The zero-order valence-corrected chi connectivity index (χ0v) is 14.4. The van der Waals surface area contributed by atoms with Crippen LogP contribution in [0.1, 0.15) is 24.5 Å². The number of hydrogen-bond acceptors (Lipinski definition) is 2. The Morgan fingerprint density at radius 1 is 1.30 bits per heavy atom. The van der Waals surface area contributed by atoms with Gasteiger partial charge in [-0.05, 0) is 0 Å². The molecule has 1 aliphatic rings. The molecule has 2 rings (SSSR count). The van der Waals surface area contributed by atoms with Gasteiger partial charge in [0.25, 0.3) is 0 Å². The van der Waals surface area contributed by atoms with Crippen LogP contribution in [0.3, 0.4) is 0 Å². The molecular formula is C17H20NOW-. The van der Waals surface area contributed by atoms with Crippen molar-refractivity contribution in [1.82, 2.24) is 5.32 Å². The van der Waals surface area contributed by atoms with E-state index >= 15 is 0 Å². The first-order valence-electron chi connectivity index (χ1n) is 6.96. The Bertz CT molecular complexity index is 463. The van der Waals surface area contributed by atoms with Gasteiger partial charge in [-0.3, -0.25) is 0 Å². The first kappa shape index (κ1) is 15.6. The fourth-order valence-electron chi connectivity index (χ4n) is 2.40. The SMILES string of the molecule is [CH-]=C/C=C(\[CH]=[W])C(OC1CCNCC1)c1ccccc1. The van der Waals surface area contributed by atoms with E-state index in [1.54, 1.807) is 6.08 Å². The molecule has 0 aliphatic carbocycles. The van der Waals surface area contributed by atoms with E-state index < -0.39 is 0 Å². The molecule has 0 aromatic heterocycles. The number of rotatable bonds is 6. The van der Waals surface area contributed by atoms with Crippen molar-refractivity contribution in [2.24, 2.45) is 0 Å². The van der Waals surface area contributed by atoms with Gasteiger partial charge in [0.1, 0.15) is 0 Å². The summed E-state index contributed by atoms with van der Waals surface area (Å²) in [4.78, 5) is 0.